The lowest BCUT2D eigenvalue weighted by atomic mass is 10.7. The molecule has 5 nitrogen and oxygen atoms in total. The zero-order valence-corrected chi connectivity index (χ0v) is 9.32. The van der Waals surface area contributed by atoms with Crippen molar-refractivity contribution >= 4 is 17.7 Å². The average molecular weight is 221 g/mol. The van der Waals surface area contributed by atoms with Gasteiger partial charge >= 0.3 is 0 Å². The Morgan fingerprint density at radius 1 is 1.33 bits per heavy atom. The Kier molecular flexibility index (Phi) is 2.86. The van der Waals surface area contributed by atoms with E-state index in [0.29, 0.717) is 5.95 Å². The summed E-state index contributed by atoms with van der Waals surface area (Å²) < 4.78 is 1.95. The third-order valence-electron chi connectivity index (χ3n) is 1.83. The van der Waals surface area contributed by atoms with E-state index in [0.717, 1.165) is 10.2 Å². The summed E-state index contributed by atoms with van der Waals surface area (Å²) in [5.41, 5.74) is 0. The summed E-state index contributed by atoms with van der Waals surface area (Å²) in [5.74, 6) is 0.620. The minimum Gasteiger partial charge on any atom is -0.357 e. The van der Waals surface area contributed by atoms with E-state index in [-0.39, 0.29) is 0 Å². The molecular formula is C9H11N5S. The predicted octanol–water partition coefficient (Wildman–Crippen LogP) is 1.40. The molecule has 2 rings (SSSR count). The molecule has 0 spiro atoms. The third kappa shape index (κ3) is 2.27. The number of hydrogen-bond acceptors (Lipinski definition) is 5. The molecule has 0 saturated carbocycles. The molecule has 0 saturated heterocycles. The average Bonchev–Trinajstić information content (AvgIpc) is 2.65. The van der Waals surface area contributed by atoms with Gasteiger partial charge < -0.3 is 9.88 Å². The Labute approximate surface area is 92.0 Å². The molecule has 0 aliphatic heterocycles. The number of nitrogens with zero attached hydrogens (tertiary/aromatic N) is 4. The van der Waals surface area contributed by atoms with Gasteiger partial charge in [-0.25, -0.2) is 15.0 Å². The molecule has 0 fully saturated rings. The SMILES string of the molecule is CNc1nccc(Sc2nccn2C)n1. The van der Waals surface area contributed by atoms with Crippen molar-refractivity contribution in [2.45, 2.75) is 10.2 Å². The van der Waals surface area contributed by atoms with Crippen molar-refractivity contribution < 1.29 is 0 Å². The van der Waals surface area contributed by atoms with Gasteiger partial charge in [0, 0.05) is 32.7 Å². The van der Waals surface area contributed by atoms with Gasteiger partial charge in [0.15, 0.2) is 5.16 Å². The van der Waals surface area contributed by atoms with E-state index in [1.807, 2.05) is 23.9 Å². The first-order chi connectivity index (χ1) is 7.29. The fourth-order valence-corrected chi connectivity index (χ4v) is 1.83. The smallest absolute Gasteiger partial charge is 0.223 e. The third-order valence-corrected chi connectivity index (χ3v) is 2.84. The van der Waals surface area contributed by atoms with Gasteiger partial charge in [0.1, 0.15) is 5.03 Å². The number of imidazole rings is 1. The van der Waals surface area contributed by atoms with Crippen LogP contribution in [0.15, 0.2) is 34.8 Å². The molecule has 2 aromatic heterocycles. The van der Waals surface area contributed by atoms with Crippen molar-refractivity contribution in [1.82, 2.24) is 19.5 Å². The van der Waals surface area contributed by atoms with Gasteiger partial charge in [-0.05, 0) is 17.8 Å². The normalized spacial score (nSPS) is 10.3. The zero-order valence-electron chi connectivity index (χ0n) is 8.51. The Morgan fingerprint density at radius 2 is 2.20 bits per heavy atom. The van der Waals surface area contributed by atoms with E-state index < -0.39 is 0 Å². The monoisotopic (exact) mass is 221 g/mol. The van der Waals surface area contributed by atoms with E-state index in [1.54, 1.807) is 19.4 Å². The van der Waals surface area contributed by atoms with Crippen LogP contribution in [0.2, 0.25) is 0 Å². The van der Waals surface area contributed by atoms with Crippen LogP contribution in [0.25, 0.3) is 0 Å². The minimum absolute atomic E-state index is 0.620. The summed E-state index contributed by atoms with van der Waals surface area (Å²) in [4.78, 5) is 12.6. The summed E-state index contributed by atoms with van der Waals surface area (Å²) in [5, 5.41) is 4.69. The molecular weight excluding hydrogens is 210 g/mol. The van der Waals surface area contributed by atoms with Crippen LogP contribution in [0.4, 0.5) is 5.95 Å². The predicted molar refractivity (Wildman–Crippen MR) is 58.9 cm³/mol. The quantitative estimate of drug-likeness (QED) is 0.794. The Balaban J connectivity index is 2.21. The molecule has 0 amide bonds. The van der Waals surface area contributed by atoms with Gasteiger partial charge in [-0.1, -0.05) is 0 Å². The largest absolute Gasteiger partial charge is 0.357 e. The number of anilines is 1. The highest BCUT2D eigenvalue weighted by Gasteiger charge is 2.04. The summed E-state index contributed by atoms with van der Waals surface area (Å²) in [7, 11) is 3.75. The lowest BCUT2D eigenvalue weighted by Gasteiger charge is -2.02. The summed E-state index contributed by atoms with van der Waals surface area (Å²) >= 11 is 1.51. The van der Waals surface area contributed by atoms with Crippen molar-refractivity contribution in [3.8, 4) is 0 Å². The fraction of sp³-hybridized carbons (Fsp3) is 0.222. The number of aryl methyl sites for hydroxylation is 1. The van der Waals surface area contributed by atoms with Gasteiger partial charge in [-0.3, -0.25) is 0 Å². The van der Waals surface area contributed by atoms with Gasteiger partial charge in [0.2, 0.25) is 5.95 Å². The zero-order chi connectivity index (χ0) is 10.7. The van der Waals surface area contributed by atoms with Crippen LogP contribution in [0.1, 0.15) is 0 Å². The lowest BCUT2D eigenvalue weighted by Crippen LogP contribution is -1.96. The molecule has 0 unspecified atom stereocenters. The first-order valence-electron chi connectivity index (χ1n) is 4.45. The molecule has 0 aromatic carbocycles. The summed E-state index contributed by atoms with van der Waals surface area (Å²) in [6.45, 7) is 0. The second-order valence-corrected chi connectivity index (χ2v) is 3.88. The van der Waals surface area contributed by atoms with Gasteiger partial charge in [-0.15, -0.1) is 0 Å². The molecule has 0 aliphatic rings. The fourth-order valence-electron chi connectivity index (χ4n) is 1.06. The van der Waals surface area contributed by atoms with Gasteiger partial charge in [0.25, 0.3) is 0 Å². The standard InChI is InChI=1S/C9H11N5S/c1-10-8-11-4-3-7(13-8)15-9-12-5-6-14(9)2/h3-6H,1-2H3,(H,10,11,13). The maximum Gasteiger partial charge on any atom is 0.223 e. The molecule has 0 radical (unpaired) electrons. The van der Waals surface area contributed by atoms with Crippen LogP contribution >= 0.6 is 11.8 Å². The highest BCUT2D eigenvalue weighted by Crippen LogP contribution is 2.23. The molecule has 2 heterocycles. The van der Waals surface area contributed by atoms with Crippen molar-refractivity contribution in [2.75, 3.05) is 12.4 Å². The number of aromatic nitrogens is 4. The van der Waals surface area contributed by atoms with Crippen LogP contribution in [-0.4, -0.2) is 26.6 Å². The van der Waals surface area contributed by atoms with Crippen molar-refractivity contribution in [3.63, 3.8) is 0 Å². The molecule has 78 valence electrons. The maximum absolute atomic E-state index is 4.29. The van der Waals surface area contributed by atoms with E-state index >= 15 is 0 Å². The first kappa shape index (κ1) is 9.97. The summed E-state index contributed by atoms with van der Waals surface area (Å²) in [6, 6.07) is 1.86. The van der Waals surface area contributed by atoms with E-state index in [2.05, 4.69) is 20.3 Å². The van der Waals surface area contributed by atoms with Crippen molar-refractivity contribution in [1.29, 1.82) is 0 Å². The Hall–Kier alpha value is -1.56. The molecule has 2 aromatic rings. The molecule has 0 bridgehead atoms. The molecule has 0 atom stereocenters. The Morgan fingerprint density at radius 3 is 2.87 bits per heavy atom. The van der Waals surface area contributed by atoms with Crippen LogP contribution in [0.3, 0.4) is 0 Å². The molecule has 15 heavy (non-hydrogen) atoms. The van der Waals surface area contributed by atoms with E-state index in [4.69, 9.17) is 0 Å². The van der Waals surface area contributed by atoms with Crippen LogP contribution in [-0.2, 0) is 7.05 Å². The second kappa shape index (κ2) is 4.31. The van der Waals surface area contributed by atoms with Crippen LogP contribution in [0.5, 0.6) is 0 Å². The minimum atomic E-state index is 0.620. The highest BCUT2D eigenvalue weighted by atomic mass is 32.2. The lowest BCUT2D eigenvalue weighted by molar-refractivity contribution is 0.788. The Bertz CT molecular complexity index is 453. The van der Waals surface area contributed by atoms with Gasteiger partial charge in [0.05, 0.1) is 0 Å². The maximum atomic E-state index is 4.29. The number of rotatable bonds is 3. The topological polar surface area (TPSA) is 55.6 Å². The number of hydrogen-bond donors (Lipinski definition) is 1. The molecule has 0 aliphatic carbocycles. The van der Waals surface area contributed by atoms with Crippen LogP contribution < -0.4 is 5.32 Å². The first-order valence-corrected chi connectivity index (χ1v) is 5.27. The van der Waals surface area contributed by atoms with E-state index in [1.165, 1.54) is 11.8 Å². The van der Waals surface area contributed by atoms with Crippen LogP contribution in [0, 0.1) is 0 Å². The summed E-state index contributed by atoms with van der Waals surface area (Å²) in [6.07, 6.45) is 5.40. The molecule has 6 heteroatoms. The molecule has 1 N–H and O–H groups in total. The van der Waals surface area contributed by atoms with E-state index in [9.17, 15) is 0 Å². The number of nitrogens with one attached hydrogen (secondary N) is 1. The second-order valence-electron chi connectivity index (χ2n) is 2.89. The van der Waals surface area contributed by atoms with Gasteiger partial charge in [-0.2, -0.15) is 0 Å². The highest BCUT2D eigenvalue weighted by molar-refractivity contribution is 7.99. The van der Waals surface area contributed by atoms with Crippen molar-refractivity contribution in [2.24, 2.45) is 7.05 Å². The van der Waals surface area contributed by atoms with Crippen molar-refractivity contribution in [3.05, 3.63) is 24.7 Å².